The summed E-state index contributed by atoms with van der Waals surface area (Å²) >= 11 is 0. The number of hydrogen-bond acceptors (Lipinski definition) is 2. The van der Waals surface area contributed by atoms with E-state index in [1.165, 1.54) is 19.3 Å². The van der Waals surface area contributed by atoms with E-state index in [0.717, 1.165) is 37.0 Å². The zero-order valence-electron chi connectivity index (χ0n) is 15.2. The molecule has 0 aromatic rings. The molecule has 2 unspecified atom stereocenters. The van der Waals surface area contributed by atoms with E-state index in [2.05, 4.69) is 19.2 Å². The minimum absolute atomic E-state index is 0. The number of carbonyl (C=O) groups is 2. The van der Waals surface area contributed by atoms with E-state index in [9.17, 15) is 9.59 Å². The highest BCUT2D eigenvalue weighted by Gasteiger charge is 2.44. The second-order valence-electron chi connectivity index (χ2n) is 7.57. The van der Waals surface area contributed by atoms with E-state index in [4.69, 9.17) is 0 Å². The lowest BCUT2D eigenvalue weighted by Gasteiger charge is -2.46. The molecule has 1 N–H and O–H groups in total. The monoisotopic (exact) mass is 311 g/mol. The maximum atomic E-state index is 12.5. The van der Waals surface area contributed by atoms with Crippen molar-refractivity contribution in [2.24, 2.45) is 23.2 Å². The van der Waals surface area contributed by atoms with Crippen LogP contribution in [0.1, 0.15) is 81.0 Å². The number of amides is 1. The maximum absolute atomic E-state index is 12.5. The molecule has 2 saturated carbocycles. The van der Waals surface area contributed by atoms with Gasteiger partial charge in [0.2, 0.25) is 5.91 Å². The van der Waals surface area contributed by atoms with E-state index in [-0.39, 0.29) is 18.5 Å². The average molecular weight is 312 g/mol. The van der Waals surface area contributed by atoms with Gasteiger partial charge in [-0.15, -0.1) is 0 Å². The van der Waals surface area contributed by atoms with Gasteiger partial charge in [0.25, 0.3) is 0 Å². The summed E-state index contributed by atoms with van der Waals surface area (Å²) in [5, 5.41) is 3.06. The van der Waals surface area contributed by atoms with E-state index < -0.39 is 0 Å². The zero-order chi connectivity index (χ0) is 16.8. The first-order valence-electron chi connectivity index (χ1n) is 9.17. The molecule has 2 rings (SSSR count). The summed E-state index contributed by atoms with van der Waals surface area (Å²) in [6.07, 6.45) is 7.35. The summed E-state index contributed by atoms with van der Waals surface area (Å²) in [5.74, 6) is 2.73. The first kappa shape index (κ1) is 19.2. The Balaban J connectivity index is 0.00000155. The lowest BCUT2D eigenvalue weighted by atomic mass is 9.59. The second-order valence-corrected chi connectivity index (χ2v) is 7.57. The molecule has 22 heavy (non-hydrogen) atoms. The molecule has 0 aliphatic heterocycles. The van der Waals surface area contributed by atoms with Crippen molar-refractivity contribution in [2.75, 3.05) is 6.54 Å². The molecule has 0 aromatic heterocycles. The molecule has 0 spiro atoms. The number of carbonyl (C=O) groups excluding carboxylic acids is 2. The number of hydrogen-bond donors (Lipinski definition) is 1. The van der Waals surface area contributed by atoms with Crippen LogP contribution >= 0.6 is 0 Å². The van der Waals surface area contributed by atoms with Gasteiger partial charge in [-0.25, -0.2) is 0 Å². The smallest absolute Gasteiger partial charge is 0.225 e. The Labute approximate surface area is 138 Å². The molecular weight excluding hydrogens is 274 g/mol. The lowest BCUT2D eigenvalue weighted by molar-refractivity contribution is -0.135. The van der Waals surface area contributed by atoms with Crippen molar-refractivity contribution in [3.8, 4) is 0 Å². The molecule has 3 heteroatoms. The van der Waals surface area contributed by atoms with Crippen molar-refractivity contribution in [3.05, 3.63) is 0 Å². The molecule has 2 aliphatic carbocycles. The first-order valence-corrected chi connectivity index (χ1v) is 9.17. The number of ketones is 1. The largest absolute Gasteiger partial charge is 0.356 e. The fourth-order valence-electron chi connectivity index (χ4n) is 4.53. The van der Waals surface area contributed by atoms with Crippen LogP contribution in [0.4, 0.5) is 0 Å². The first-order chi connectivity index (χ1) is 10.4. The Hall–Kier alpha value is -0.860. The SMILES string of the molecule is CC.CC(=O)CCCNC(=O)C1(C)CC2CC(C)CC(C2)C1.[HH]. The van der Waals surface area contributed by atoms with Gasteiger partial charge in [-0.05, 0) is 63.2 Å². The van der Waals surface area contributed by atoms with Crippen molar-refractivity contribution >= 4 is 11.7 Å². The Morgan fingerprint density at radius 3 is 2.18 bits per heavy atom. The fraction of sp³-hybridized carbons (Fsp3) is 0.895. The molecule has 0 heterocycles. The van der Waals surface area contributed by atoms with Crippen LogP contribution in [0.15, 0.2) is 0 Å². The van der Waals surface area contributed by atoms with Gasteiger partial charge in [0.1, 0.15) is 5.78 Å². The minimum Gasteiger partial charge on any atom is -0.356 e. The Morgan fingerprint density at radius 2 is 1.68 bits per heavy atom. The zero-order valence-corrected chi connectivity index (χ0v) is 15.2. The molecule has 2 bridgehead atoms. The van der Waals surface area contributed by atoms with Gasteiger partial charge >= 0.3 is 0 Å². The third-order valence-corrected chi connectivity index (χ3v) is 5.16. The van der Waals surface area contributed by atoms with Crippen LogP contribution in [-0.2, 0) is 9.59 Å². The minimum atomic E-state index is -0.177. The fourth-order valence-corrected chi connectivity index (χ4v) is 4.53. The highest BCUT2D eigenvalue weighted by molar-refractivity contribution is 5.82. The van der Waals surface area contributed by atoms with Gasteiger partial charge < -0.3 is 10.1 Å². The molecule has 3 nitrogen and oxygen atoms in total. The highest BCUT2D eigenvalue weighted by atomic mass is 16.2. The van der Waals surface area contributed by atoms with Crippen molar-refractivity contribution in [3.63, 3.8) is 0 Å². The van der Waals surface area contributed by atoms with Gasteiger partial charge in [0.15, 0.2) is 0 Å². The predicted octanol–water partition coefficient (Wildman–Crippen LogP) is 4.60. The third-order valence-electron chi connectivity index (χ3n) is 5.16. The van der Waals surface area contributed by atoms with Gasteiger partial charge in [0, 0.05) is 19.8 Å². The van der Waals surface area contributed by atoms with Crippen LogP contribution < -0.4 is 5.32 Å². The quantitative estimate of drug-likeness (QED) is 0.754. The molecule has 1 amide bonds. The summed E-state index contributed by atoms with van der Waals surface area (Å²) in [7, 11) is 0. The van der Waals surface area contributed by atoms with Gasteiger partial charge in [-0.1, -0.05) is 27.7 Å². The Kier molecular flexibility index (Phi) is 7.58. The maximum Gasteiger partial charge on any atom is 0.225 e. The van der Waals surface area contributed by atoms with E-state index in [0.29, 0.717) is 13.0 Å². The molecule has 130 valence electrons. The third kappa shape index (κ3) is 5.40. The van der Waals surface area contributed by atoms with Crippen molar-refractivity contribution < 1.29 is 11.0 Å². The van der Waals surface area contributed by atoms with Crippen LogP contribution in [0.25, 0.3) is 0 Å². The van der Waals surface area contributed by atoms with Crippen LogP contribution in [0.5, 0.6) is 0 Å². The van der Waals surface area contributed by atoms with E-state index in [1.54, 1.807) is 6.92 Å². The summed E-state index contributed by atoms with van der Waals surface area (Å²) in [4.78, 5) is 23.4. The molecule has 0 saturated heterocycles. The summed E-state index contributed by atoms with van der Waals surface area (Å²) < 4.78 is 0. The van der Waals surface area contributed by atoms with Crippen molar-refractivity contribution in [2.45, 2.75) is 79.6 Å². The number of fused-ring (bicyclic) bond motifs is 2. The second kappa shape index (κ2) is 8.69. The van der Waals surface area contributed by atoms with Crippen LogP contribution in [-0.4, -0.2) is 18.2 Å². The molecule has 0 aromatic carbocycles. The summed E-state index contributed by atoms with van der Waals surface area (Å²) in [6, 6.07) is 0. The topological polar surface area (TPSA) is 46.2 Å². The lowest BCUT2D eigenvalue weighted by Crippen LogP contribution is -2.46. The van der Waals surface area contributed by atoms with E-state index >= 15 is 0 Å². The van der Waals surface area contributed by atoms with Gasteiger partial charge in [0.05, 0.1) is 0 Å². The van der Waals surface area contributed by atoms with E-state index in [1.807, 2.05) is 13.8 Å². The standard InChI is InChI=1S/C17H29NO2.C2H6.H2/c1-12-7-14-9-15(8-12)11-17(3,10-14)16(20)18-6-4-5-13(2)19;1-2;/h12,14-15H,4-11H2,1-3H3,(H,18,20);1-2H3;1H. The average Bonchev–Trinajstić information content (AvgIpc) is 2.43. The summed E-state index contributed by atoms with van der Waals surface area (Å²) in [5.41, 5.74) is -0.177. The number of nitrogens with one attached hydrogen (secondary N) is 1. The van der Waals surface area contributed by atoms with Gasteiger partial charge in [-0.2, -0.15) is 0 Å². The van der Waals surface area contributed by atoms with Crippen LogP contribution in [0.2, 0.25) is 0 Å². The molecular formula is C19H37NO2. The van der Waals surface area contributed by atoms with Crippen molar-refractivity contribution in [1.29, 1.82) is 0 Å². The molecule has 2 atom stereocenters. The molecule has 0 radical (unpaired) electrons. The van der Waals surface area contributed by atoms with Crippen LogP contribution in [0.3, 0.4) is 0 Å². The summed E-state index contributed by atoms with van der Waals surface area (Å²) in [6.45, 7) is 10.7. The van der Waals surface area contributed by atoms with Gasteiger partial charge in [-0.3, -0.25) is 4.79 Å². The van der Waals surface area contributed by atoms with Crippen molar-refractivity contribution in [1.82, 2.24) is 5.32 Å². The number of rotatable bonds is 5. The number of Topliss-reactive ketones (excluding diaryl/α,β-unsaturated/α-hetero) is 1. The normalized spacial score (nSPS) is 33.4. The predicted molar refractivity (Wildman–Crippen MR) is 93.7 cm³/mol. The highest BCUT2D eigenvalue weighted by Crippen LogP contribution is 2.50. The van der Waals surface area contributed by atoms with Crippen LogP contribution in [0, 0.1) is 23.2 Å². The molecule has 2 aliphatic rings. The molecule has 2 fully saturated rings. The Bertz CT molecular complexity index is 366. The Morgan fingerprint density at radius 1 is 1.14 bits per heavy atom.